The van der Waals surface area contributed by atoms with Crippen molar-refractivity contribution in [3.63, 3.8) is 0 Å². The van der Waals surface area contributed by atoms with Crippen LogP contribution in [0.4, 0.5) is 0 Å². The molecule has 0 saturated carbocycles. The summed E-state index contributed by atoms with van der Waals surface area (Å²) >= 11 is 0. The zero-order valence-electron chi connectivity index (χ0n) is 13.9. The maximum Gasteiger partial charge on any atom is 0.252 e. The van der Waals surface area contributed by atoms with Crippen LogP contribution in [0.2, 0.25) is 0 Å². The normalized spacial score (nSPS) is 11.7. The van der Waals surface area contributed by atoms with Gasteiger partial charge in [-0.15, -0.1) is 0 Å². The van der Waals surface area contributed by atoms with Gasteiger partial charge in [0.15, 0.2) is 11.5 Å². The maximum absolute atomic E-state index is 12.5. The van der Waals surface area contributed by atoms with E-state index in [1.165, 1.54) is 21.3 Å². The summed E-state index contributed by atoms with van der Waals surface area (Å²) in [6.07, 6.45) is 0. The zero-order chi connectivity index (χ0) is 17.0. The lowest BCUT2D eigenvalue weighted by atomic mass is 10.1. The highest BCUT2D eigenvalue weighted by Crippen LogP contribution is 2.38. The molecule has 0 aliphatic heterocycles. The van der Waals surface area contributed by atoms with Gasteiger partial charge in [0.1, 0.15) is 11.5 Å². The van der Waals surface area contributed by atoms with E-state index in [4.69, 9.17) is 18.6 Å². The Morgan fingerprint density at radius 3 is 2.13 bits per heavy atom. The third-order valence-electron chi connectivity index (χ3n) is 3.46. The van der Waals surface area contributed by atoms with Gasteiger partial charge in [0.25, 0.3) is 5.91 Å². The van der Waals surface area contributed by atoms with E-state index >= 15 is 0 Å². The maximum atomic E-state index is 12.5. The van der Waals surface area contributed by atoms with Crippen LogP contribution in [0.1, 0.15) is 34.8 Å². The first-order valence-corrected chi connectivity index (χ1v) is 7.17. The van der Waals surface area contributed by atoms with Gasteiger partial charge in [-0.1, -0.05) is 0 Å². The molecule has 1 amide bonds. The molecule has 23 heavy (non-hydrogen) atoms. The fourth-order valence-electron chi connectivity index (χ4n) is 2.25. The number of furan rings is 1. The Balaban J connectivity index is 2.25. The van der Waals surface area contributed by atoms with Crippen LogP contribution in [0, 0.1) is 6.92 Å². The first-order chi connectivity index (χ1) is 11.0. The van der Waals surface area contributed by atoms with Gasteiger partial charge in [-0.25, -0.2) is 0 Å². The van der Waals surface area contributed by atoms with E-state index in [9.17, 15) is 4.79 Å². The Labute approximate surface area is 135 Å². The van der Waals surface area contributed by atoms with E-state index in [0.717, 1.165) is 5.76 Å². The molecule has 1 atom stereocenters. The lowest BCUT2D eigenvalue weighted by molar-refractivity contribution is 0.0934. The molecule has 0 fully saturated rings. The molecule has 1 unspecified atom stereocenters. The number of aryl methyl sites for hydroxylation is 1. The van der Waals surface area contributed by atoms with E-state index in [0.29, 0.717) is 28.6 Å². The number of carbonyl (C=O) groups excluding carboxylic acids is 1. The van der Waals surface area contributed by atoms with Gasteiger partial charge in [-0.3, -0.25) is 4.79 Å². The van der Waals surface area contributed by atoms with Gasteiger partial charge in [-0.05, 0) is 38.1 Å². The highest BCUT2D eigenvalue weighted by molar-refractivity contribution is 5.95. The molecule has 0 aliphatic carbocycles. The number of methoxy groups -OCH3 is 3. The summed E-state index contributed by atoms with van der Waals surface area (Å²) < 4.78 is 21.3. The Morgan fingerprint density at radius 2 is 1.70 bits per heavy atom. The summed E-state index contributed by atoms with van der Waals surface area (Å²) in [5.74, 6) is 2.54. The van der Waals surface area contributed by atoms with Crippen LogP contribution in [0.3, 0.4) is 0 Å². The van der Waals surface area contributed by atoms with Crippen molar-refractivity contribution in [1.29, 1.82) is 0 Å². The van der Waals surface area contributed by atoms with Crippen molar-refractivity contribution in [1.82, 2.24) is 5.32 Å². The first-order valence-electron chi connectivity index (χ1n) is 7.17. The van der Waals surface area contributed by atoms with E-state index in [2.05, 4.69) is 5.32 Å². The number of nitrogens with one attached hydrogen (secondary N) is 1. The third-order valence-corrected chi connectivity index (χ3v) is 3.46. The number of hydrogen-bond acceptors (Lipinski definition) is 5. The number of rotatable bonds is 6. The number of amides is 1. The summed E-state index contributed by atoms with van der Waals surface area (Å²) in [7, 11) is 4.53. The van der Waals surface area contributed by atoms with Crippen LogP contribution in [-0.4, -0.2) is 27.2 Å². The first kappa shape index (κ1) is 16.7. The molecule has 2 rings (SSSR count). The van der Waals surface area contributed by atoms with E-state index in [1.54, 1.807) is 12.1 Å². The van der Waals surface area contributed by atoms with E-state index in [1.807, 2.05) is 26.0 Å². The molecule has 1 aromatic heterocycles. The molecule has 0 radical (unpaired) electrons. The topological polar surface area (TPSA) is 69.9 Å². The van der Waals surface area contributed by atoms with Crippen molar-refractivity contribution in [3.05, 3.63) is 41.3 Å². The molecule has 0 aliphatic rings. The lowest BCUT2D eigenvalue weighted by Crippen LogP contribution is -2.26. The average molecular weight is 319 g/mol. The minimum Gasteiger partial charge on any atom is -0.493 e. The second kappa shape index (κ2) is 7.09. The van der Waals surface area contributed by atoms with Crippen LogP contribution in [0.15, 0.2) is 28.7 Å². The van der Waals surface area contributed by atoms with E-state index < -0.39 is 0 Å². The number of carbonyl (C=O) groups is 1. The summed E-state index contributed by atoms with van der Waals surface area (Å²) in [5, 5.41) is 2.88. The van der Waals surface area contributed by atoms with Gasteiger partial charge < -0.3 is 23.9 Å². The van der Waals surface area contributed by atoms with Crippen molar-refractivity contribution in [2.75, 3.05) is 21.3 Å². The molecule has 6 heteroatoms. The number of ether oxygens (including phenoxy) is 3. The quantitative estimate of drug-likeness (QED) is 0.886. The van der Waals surface area contributed by atoms with Crippen molar-refractivity contribution in [2.24, 2.45) is 0 Å². The second-order valence-corrected chi connectivity index (χ2v) is 5.06. The Morgan fingerprint density at radius 1 is 1.09 bits per heavy atom. The molecule has 1 heterocycles. The Kier molecular flexibility index (Phi) is 5.16. The molecule has 2 aromatic rings. The predicted octanol–water partition coefficient (Wildman–Crippen LogP) is 3.10. The van der Waals surface area contributed by atoms with Crippen molar-refractivity contribution in [3.8, 4) is 17.2 Å². The van der Waals surface area contributed by atoms with Crippen molar-refractivity contribution < 1.29 is 23.4 Å². The van der Waals surface area contributed by atoms with Crippen LogP contribution < -0.4 is 19.5 Å². The Bertz CT molecular complexity index is 667. The molecular formula is C17H21NO5. The summed E-state index contributed by atoms with van der Waals surface area (Å²) in [4.78, 5) is 12.5. The highest BCUT2D eigenvalue weighted by atomic mass is 16.5. The molecule has 0 saturated heterocycles. The van der Waals surface area contributed by atoms with Crippen LogP contribution >= 0.6 is 0 Å². The van der Waals surface area contributed by atoms with Crippen LogP contribution in [-0.2, 0) is 0 Å². The van der Waals surface area contributed by atoms with Crippen LogP contribution in [0.25, 0.3) is 0 Å². The standard InChI is InChI=1S/C17H21NO5/c1-10-6-7-13(23-10)11(2)18-17(19)12-8-14(20-3)16(22-5)15(9-12)21-4/h6-9,11H,1-5H3,(H,18,19). The molecular weight excluding hydrogens is 298 g/mol. The average Bonchev–Trinajstić information content (AvgIpc) is 2.99. The number of hydrogen-bond donors (Lipinski definition) is 1. The molecule has 0 spiro atoms. The molecule has 1 aromatic carbocycles. The fraction of sp³-hybridized carbons (Fsp3) is 0.353. The monoisotopic (exact) mass is 319 g/mol. The van der Waals surface area contributed by atoms with Gasteiger partial charge >= 0.3 is 0 Å². The predicted molar refractivity (Wildman–Crippen MR) is 85.4 cm³/mol. The largest absolute Gasteiger partial charge is 0.493 e. The molecule has 1 N–H and O–H groups in total. The smallest absolute Gasteiger partial charge is 0.252 e. The zero-order valence-corrected chi connectivity index (χ0v) is 13.9. The number of benzene rings is 1. The SMILES string of the molecule is COc1cc(C(=O)NC(C)c2ccc(C)o2)cc(OC)c1OC. The fourth-order valence-corrected chi connectivity index (χ4v) is 2.25. The van der Waals surface area contributed by atoms with Gasteiger partial charge in [-0.2, -0.15) is 0 Å². The minimum absolute atomic E-state index is 0.254. The molecule has 0 bridgehead atoms. The Hall–Kier alpha value is -2.63. The van der Waals surface area contributed by atoms with Gasteiger partial charge in [0.05, 0.1) is 27.4 Å². The van der Waals surface area contributed by atoms with Crippen LogP contribution in [0.5, 0.6) is 17.2 Å². The minimum atomic E-state index is -0.259. The van der Waals surface area contributed by atoms with Gasteiger partial charge in [0, 0.05) is 5.56 Å². The summed E-state index contributed by atoms with van der Waals surface area (Å²) in [6, 6.07) is 6.66. The van der Waals surface area contributed by atoms with Crippen molar-refractivity contribution in [2.45, 2.75) is 19.9 Å². The summed E-state index contributed by atoms with van der Waals surface area (Å²) in [6.45, 7) is 3.71. The lowest BCUT2D eigenvalue weighted by Gasteiger charge is -2.15. The molecule has 124 valence electrons. The second-order valence-electron chi connectivity index (χ2n) is 5.06. The third kappa shape index (κ3) is 3.59. The van der Waals surface area contributed by atoms with Gasteiger partial charge in [0.2, 0.25) is 5.75 Å². The van der Waals surface area contributed by atoms with Crippen molar-refractivity contribution >= 4 is 5.91 Å². The highest BCUT2D eigenvalue weighted by Gasteiger charge is 2.19. The van der Waals surface area contributed by atoms with E-state index in [-0.39, 0.29) is 11.9 Å². The molecule has 6 nitrogen and oxygen atoms in total. The summed E-state index contributed by atoms with van der Waals surface area (Å²) in [5.41, 5.74) is 0.412.